The molecule has 0 aliphatic carbocycles. The second-order valence-electron chi connectivity index (χ2n) is 3.46. The molecule has 0 spiro atoms. The molecule has 0 unspecified atom stereocenters. The fourth-order valence-corrected chi connectivity index (χ4v) is 1.80. The lowest BCUT2D eigenvalue weighted by molar-refractivity contribution is 0.0680. The Morgan fingerprint density at radius 2 is 1.83 bits per heavy atom. The van der Waals surface area contributed by atoms with E-state index in [4.69, 9.17) is 21.8 Å². The number of aromatic carboxylic acids is 2. The van der Waals surface area contributed by atoms with Crippen LogP contribution in [0.3, 0.4) is 0 Å². The number of hydrogen-bond donors (Lipinski definition) is 3. The third kappa shape index (κ3) is 1.82. The second-order valence-corrected chi connectivity index (χ2v) is 3.86. The second kappa shape index (κ2) is 4.15. The minimum absolute atomic E-state index is 0.0792. The zero-order valence-electron chi connectivity index (χ0n) is 8.72. The van der Waals surface area contributed by atoms with Crippen LogP contribution in [0.1, 0.15) is 20.8 Å². The first-order valence-electron chi connectivity index (χ1n) is 4.70. The van der Waals surface area contributed by atoms with Crippen molar-refractivity contribution in [3.05, 3.63) is 34.5 Å². The van der Waals surface area contributed by atoms with Gasteiger partial charge in [-0.2, -0.15) is 0 Å². The highest BCUT2D eigenvalue weighted by Crippen LogP contribution is 2.30. The van der Waals surface area contributed by atoms with Gasteiger partial charge in [0.1, 0.15) is 11.3 Å². The topological polar surface area (TPSA) is 108 Å². The number of carboxylic acid groups (broad SMARTS) is 2. The van der Waals surface area contributed by atoms with Crippen LogP contribution in [0, 0.1) is 0 Å². The largest absolute Gasteiger partial charge is 0.507 e. The van der Waals surface area contributed by atoms with Crippen molar-refractivity contribution in [2.75, 3.05) is 0 Å². The molecular formula is C11H6ClNO5. The van der Waals surface area contributed by atoms with Crippen LogP contribution in [0.2, 0.25) is 5.02 Å². The van der Waals surface area contributed by atoms with Gasteiger partial charge in [0.05, 0.1) is 10.5 Å². The molecule has 1 aromatic carbocycles. The lowest BCUT2D eigenvalue weighted by atomic mass is 10.1. The molecule has 0 saturated heterocycles. The van der Waals surface area contributed by atoms with E-state index in [0.29, 0.717) is 0 Å². The molecule has 3 N–H and O–H groups in total. The minimum Gasteiger partial charge on any atom is -0.507 e. The molecule has 0 atom stereocenters. The standard InChI is InChI=1S/C11H6ClNO5/c12-5-2-1-4-7(14)3-6(10(15)16)13-9(4)8(5)11(17)18/h1-3H,(H,13,14)(H,15,16)(H,17,18). The van der Waals surface area contributed by atoms with Crippen LogP contribution < -0.4 is 0 Å². The summed E-state index contributed by atoms with van der Waals surface area (Å²) in [5, 5.41) is 27.6. The molecule has 2 rings (SSSR count). The SMILES string of the molecule is O=C(O)c1cc(O)c2ccc(Cl)c(C(=O)O)c2n1. The van der Waals surface area contributed by atoms with Crippen LogP contribution in [0.15, 0.2) is 18.2 Å². The molecule has 92 valence electrons. The minimum atomic E-state index is -1.37. The Bertz CT molecular complexity index is 683. The van der Waals surface area contributed by atoms with Crippen LogP contribution >= 0.6 is 11.6 Å². The van der Waals surface area contributed by atoms with E-state index in [1.807, 2.05) is 0 Å². The predicted molar refractivity (Wildman–Crippen MR) is 62.3 cm³/mol. The number of hydrogen-bond acceptors (Lipinski definition) is 4. The lowest BCUT2D eigenvalue weighted by Gasteiger charge is -2.06. The Kier molecular flexibility index (Phi) is 2.80. The Morgan fingerprint density at radius 1 is 1.17 bits per heavy atom. The van der Waals surface area contributed by atoms with Crippen molar-refractivity contribution in [3.63, 3.8) is 0 Å². The number of aromatic nitrogens is 1. The highest BCUT2D eigenvalue weighted by molar-refractivity contribution is 6.35. The monoisotopic (exact) mass is 267 g/mol. The van der Waals surface area contributed by atoms with E-state index < -0.39 is 17.6 Å². The van der Waals surface area contributed by atoms with Gasteiger partial charge in [0.2, 0.25) is 0 Å². The van der Waals surface area contributed by atoms with Gasteiger partial charge in [0.25, 0.3) is 0 Å². The van der Waals surface area contributed by atoms with Gasteiger partial charge < -0.3 is 15.3 Å². The summed E-state index contributed by atoms with van der Waals surface area (Å²) >= 11 is 5.73. The van der Waals surface area contributed by atoms with Crippen molar-refractivity contribution in [3.8, 4) is 5.75 Å². The highest BCUT2D eigenvalue weighted by Gasteiger charge is 2.19. The van der Waals surface area contributed by atoms with Crippen molar-refractivity contribution < 1.29 is 24.9 Å². The molecule has 0 fully saturated rings. The Labute approximate surface area is 105 Å². The van der Waals surface area contributed by atoms with E-state index >= 15 is 0 Å². The molecule has 1 heterocycles. The Morgan fingerprint density at radius 3 is 2.39 bits per heavy atom. The van der Waals surface area contributed by atoms with Crippen molar-refractivity contribution >= 4 is 34.4 Å². The van der Waals surface area contributed by atoms with Crippen LogP contribution in [0.5, 0.6) is 5.75 Å². The number of carboxylic acids is 2. The Balaban J connectivity index is 2.94. The summed E-state index contributed by atoms with van der Waals surface area (Å²) in [6.07, 6.45) is 0. The van der Waals surface area contributed by atoms with E-state index in [-0.39, 0.29) is 27.2 Å². The first-order chi connectivity index (χ1) is 8.41. The van der Waals surface area contributed by atoms with E-state index in [2.05, 4.69) is 4.98 Å². The molecular weight excluding hydrogens is 262 g/mol. The number of pyridine rings is 1. The third-order valence-corrected chi connectivity index (χ3v) is 2.66. The smallest absolute Gasteiger partial charge is 0.354 e. The van der Waals surface area contributed by atoms with Gasteiger partial charge in [-0.25, -0.2) is 14.6 Å². The zero-order valence-corrected chi connectivity index (χ0v) is 9.47. The Hall–Kier alpha value is -2.34. The van der Waals surface area contributed by atoms with Crippen molar-refractivity contribution in [2.24, 2.45) is 0 Å². The summed E-state index contributed by atoms with van der Waals surface area (Å²) in [7, 11) is 0. The molecule has 0 bridgehead atoms. The molecule has 6 nitrogen and oxygen atoms in total. The molecule has 7 heteroatoms. The van der Waals surface area contributed by atoms with Gasteiger partial charge in [-0.05, 0) is 12.1 Å². The summed E-state index contributed by atoms with van der Waals surface area (Å²) < 4.78 is 0. The van der Waals surface area contributed by atoms with E-state index in [0.717, 1.165) is 6.07 Å². The normalized spacial score (nSPS) is 10.5. The number of halogens is 1. The van der Waals surface area contributed by atoms with Gasteiger partial charge in [-0.1, -0.05) is 11.6 Å². The van der Waals surface area contributed by atoms with E-state index in [1.165, 1.54) is 12.1 Å². The summed E-state index contributed by atoms with van der Waals surface area (Å²) in [4.78, 5) is 25.6. The number of carbonyl (C=O) groups is 2. The molecule has 0 amide bonds. The molecule has 0 saturated carbocycles. The molecule has 1 aromatic heterocycles. The molecule has 0 aliphatic heterocycles. The van der Waals surface area contributed by atoms with E-state index in [9.17, 15) is 14.7 Å². The predicted octanol–water partition coefficient (Wildman–Crippen LogP) is 1.99. The van der Waals surface area contributed by atoms with Crippen molar-refractivity contribution in [1.82, 2.24) is 4.98 Å². The maximum atomic E-state index is 11.1. The fraction of sp³-hybridized carbons (Fsp3) is 0. The quantitative estimate of drug-likeness (QED) is 0.768. The molecule has 0 aliphatic rings. The van der Waals surface area contributed by atoms with Gasteiger partial charge >= 0.3 is 11.9 Å². The maximum Gasteiger partial charge on any atom is 0.354 e. The van der Waals surface area contributed by atoms with Crippen LogP contribution in [0.25, 0.3) is 10.9 Å². The van der Waals surface area contributed by atoms with E-state index in [1.54, 1.807) is 0 Å². The fourth-order valence-electron chi connectivity index (χ4n) is 1.56. The number of fused-ring (bicyclic) bond motifs is 1. The van der Waals surface area contributed by atoms with Crippen LogP contribution in [-0.2, 0) is 0 Å². The number of rotatable bonds is 2. The van der Waals surface area contributed by atoms with Crippen molar-refractivity contribution in [2.45, 2.75) is 0 Å². The lowest BCUT2D eigenvalue weighted by Crippen LogP contribution is -2.05. The van der Waals surface area contributed by atoms with Gasteiger partial charge in [0, 0.05) is 11.5 Å². The summed E-state index contributed by atoms with van der Waals surface area (Å²) in [5.74, 6) is -3.08. The summed E-state index contributed by atoms with van der Waals surface area (Å²) in [6.45, 7) is 0. The number of aromatic hydroxyl groups is 1. The molecule has 0 radical (unpaired) electrons. The van der Waals surface area contributed by atoms with Crippen LogP contribution in [-0.4, -0.2) is 32.2 Å². The first-order valence-corrected chi connectivity index (χ1v) is 5.08. The third-order valence-electron chi connectivity index (χ3n) is 2.34. The maximum absolute atomic E-state index is 11.1. The van der Waals surface area contributed by atoms with Gasteiger partial charge in [-0.3, -0.25) is 0 Å². The zero-order chi connectivity index (χ0) is 13.4. The first kappa shape index (κ1) is 12.1. The van der Waals surface area contributed by atoms with Gasteiger partial charge in [0.15, 0.2) is 5.69 Å². The van der Waals surface area contributed by atoms with Crippen molar-refractivity contribution in [1.29, 1.82) is 0 Å². The number of benzene rings is 1. The summed E-state index contributed by atoms with van der Waals surface area (Å²) in [5.41, 5.74) is -0.954. The summed E-state index contributed by atoms with van der Waals surface area (Å²) in [6, 6.07) is 3.62. The number of nitrogens with zero attached hydrogens (tertiary/aromatic N) is 1. The highest BCUT2D eigenvalue weighted by atomic mass is 35.5. The van der Waals surface area contributed by atoms with Gasteiger partial charge in [-0.15, -0.1) is 0 Å². The van der Waals surface area contributed by atoms with Crippen LogP contribution in [0.4, 0.5) is 0 Å². The molecule has 2 aromatic rings. The average Bonchev–Trinajstić information content (AvgIpc) is 2.27. The average molecular weight is 268 g/mol. The molecule has 18 heavy (non-hydrogen) atoms.